The third-order valence-electron chi connectivity index (χ3n) is 3.84. The lowest BCUT2D eigenvalue weighted by atomic mass is 9.80. The predicted molar refractivity (Wildman–Crippen MR) is 79.5 cm³/mol. The van der Waals surface area contributed by atoms with Crippen LogP contribution in [0.3, 0.4) is 0 Å². The van der Waals surface area contributed by atoms with Gasteiger partial charge < -0.3 is 14.4 Å². The summed E-state index contributed by atoms with van der Waals surface area (Å²) >= 11 is 0. The third-order valence-corrected chi connectivity index (χ3v) is 3.84. The molecule has 1 aromatic heterocycles. The molecule has 0 unspecified atom stereocenters. The van der Waals surface area contributed by atoms with Crippen molar-refractivity contribution in [1.82, 2.24) is 4.57 Å². The van der Waals surface area contributed by atoms with E-state index in [9.17, 15) is 4.79 Å². The molecule has 108 valence electrons. The zero-order valence-corrected chi connectivity index (χ0v) is 12.7. The number of benzene rings is 1. The normalized spacial score (nSPS) is 11.8. The van der Waals surface area contributed by atoms with E-state index in [1.54, 1.807) is 7.11 Å². The molecule has 2 aromatic rings. The van der Waals surface area contributed by atoms with E-state index in [1.807, 2.05) is 50.7 Å². The Labute approximate surface area is 119 Å². The van der Waals surface area contributed by atoms with E-state index in [0.717, 1.165) is 27.8 Å². The van der Waals surface area contributed by atoms with E-state index in [0.29, 0.717) is 0 Å². The number of carboxylic acid groups (broad SMARTS) is 1. The zero-order valence-electron chi connectivity index (χ0n) is 12.7. The second-order valence-corrected chi connectivity index (χ2v) is 5.92. The molecule has 2 rings (SSSR count). The standard InChI is InChI=1S/C16H21NO3/c1-10-6-7-12(20-5)15-14(10)11(9-17(15)4)16(2,3)8-13(18)19/h6-7,9H,8H2,1-5H3,(H,18,19). The highest BCUT2D eigenvalue weighted by Gasteiger charge is 2.29. The molecule has 1 heterocycles. The highest BCUT2D eigenvalue weighted by molar-refractivity contribution is 5.93. The number of ether oxygens (including phenoxy) is 1. The van der Waals surface area contributed by atoms with Crippen LogP contribution in [-0.2, 0) is 17.3 Å². The number of hydrogen-bond acceptors (Lipinski definition) is 2. The van der Waals surface area contributed by atoms with Gasteiger partial charge in [-0.3, -0.25) is 4.79 Å². The van der Waals surface area contributed by atoms with Crippen LogP contribution in [0.4, 0.5) is 0 Å². The maximum absolute atomic E-state index is 11.1. The number of aliphatic carboxylic acids is 1. The molecule has 0 bridgehead atoms. The monoisotopic (exact) mass is 275 g/mol. The molecule has 1 aromatic carbocycles. The second-order valence-electron chi connectivity index (χ2n) is 5.92. The first-order valence-corrected chi connectivity index (χ1v) is 6.63. The van der Waals surface area contributed by atoms with Crippen molar-refractivity contribution in [3.63, 3.8) is 0 Å². The predicted octanol–water partition coefficient (Wildman–Crippen LogP) is 3.25. The number of rotatable bonds is 4. The van der Waals surface area contributed by atoms with Crippen LogP contribution < -0.4 is 4.74 Å². The zero-order chi connectivity index (χ0) is 15.1. The minimum Gasteiger partial charge on any atom is -0.495 e. The van der Waals surface area contributed by atoms with Gasteiger partial charge in [0.25, 0.3) is 0 Å². The summed E-state index contributed by atoms with van der Waals surface area (Å²) in [5.74, 6) is 0.0260. The Morgan fingerprint density at radius 3 is 2.60 bits per heavy atom. The van der Waals surface area contributed by atoms with Gasteiger partial charge in [-0.25, -0.2) is 0 Å². The number of aryl methyl sites for hydroxylation is 2. The summed E-state index contributed by atoms with van der Waals surface area (Å²) in [5.41, 5.74) is 2.77. The molecular weight excluding hydrogens is 254 g/mol. The first-order chi connectivity index (χ1) is 9.27. The Bertz CT molecular complexity index is 668. The van der Waals surface area contributed by atoms with Crippen LogP contribution in [0.5, 0.6) is 5.75 Å². The number of hydrogen-bond donors (Lipinski definition) is 1. The molecule has 0 aliphatic heterocycles. The summed E-state index contributed by atoms with van der Waals surface area (Å²) < 4.78 is 7.45. The molecule has 0 saturated heterocycles. The Morgan fingerprint density at radius 1 is 1.40 bits per heavy atom. The molecule has 0 atom stereocenters. The van der Waals surface area contributed by atoms with Gasteiger partial charge in [0.1, 0.15) is 5.75 Å². The lowest BCUT2D eigenvalue weighted by Crippen LogP contribution is -2.21. The van der Waals surface area contributed by atoms with Gasteiger partial charge in [-0.15, -0.1) is 0 Å². The van der Waals surface area contributed by atoms with Crippen molar-refractivity contribution < 1.29 is 14.6 Å². The summed E-state index contributed by atoms with van der Waals surface area (Å²) in [5, 5.41) is 10.2. The van der Waals surface area contributed by atoms with Gasteiger partial charge in [0.05, 0.1) is 19.0 Å². The van der Waals surface area contributed by atoms with Crippen molar-refractivity contribution in [2.24, 2.45) is 7.05 Å². The van der Waals surface area contributed by atoms with Gasteiger partial charge >= 0.3 is 5.97 Å². The van der Waals surface area contributed by atoms with Crippen LogP contribution in [0.25, 0.3) is 10.9 Å². The van der Waals surface area contributed by atoms with Crippen molar-refractivity contribution in [2.45, 2.75) is 32.6 Å². The molecule has 0 aliphatic rings. The molecule has 20 heavy (non-hydrogen) atoms. The summed E-state index contributed by atoms with van der Waals surface area (Å²) in [7, 11) is 3.61. The number of aromatic nitrogens is 1. The molecule has 4 heteroatoms. The Hall–Kier alpha value is -1.97. The molecule has 0 radical (unpaired) electrons. The molecule has 1 N–H and O–H groups in total. The highest BCUT2D eigenvalue weighted by atomic mass is 16.5. The SMILES string of the molecule is COc1ccc(C)c2c(C(C)(C)CC(=O)O)cn(C)c12. The van der Waals surface area contributed by atoms with Gasteiger partial charge in [0.15, 0.2) is 0 Å². The maximum atomic E-state index is 11.1. The fourth-order valence-corrected chi connectivity index (χ4v) is 2.84. The molecule has 0 amide bonds. The summed E-state index contributed by atoms with van der Waals surface area (Å²) in [6.45, 7) is 5.98. The molecule has 0 saturated carbocycles. The summed E-state index contributed by atoms with van der Waals surface area (Å²) in [4.78, 5) is 11.1. The van der Waals surface area contributed by atoms with Crippen LogP contribution in [-0.4, -0.2) is 22.8 Å². The van der Waals surface area contributed by atoms with Gasteiger partial charge in [-0.2, -0.15) is 0 Å². The lowest BCUT2D eigenvalue weighted by Gasteiger charge is -2.22. The number of fused-ring (bicyclic) bond motifs is 1. The maximum Gasteiger partial charge on any atom is 0.304 e. The van der Waals surface area contributed by atoms with E-state index >= 15 is 0 Å². The topological polar surface area (TPSA) is 51.5 Å². The molecular formula is C16H21NO3. The average Bonchev–Trinajstić information content (AvgIpc) is 2.68. The molecule has 4 nitrogen and oxygen atoms in total. The van der Waals surface area contributed by atoms with Gasteiger partial charge in [-0.05, 0) is 24.1 Å². The van der Waals surface area contributed by atoms with Crippen LogP contribution in [0.1, 0.15) is 31.4 Å². The third kappa shape index (κ3) is 2.26. The summed E-state index contributed by atoms with van der Waals surface area (Å²) in [6.07, 6.45) is 2.12. The lowest BCUT2D eigenvalue weighted by molar-refractivity contribution is -0.138. The number of carboxylic acids is 1. The first-order valence-electron chi connectivity index (χ1n) is 6.63. The van der Waals surface area contributed by atoms with Crippen LogP contribution >= 0.6 is 0 Å². The number of nitrogens with zero attached hydrogens (tertiary/aromatic N) is 1. The number of carbonyl (C=O) groups is 1. The quantitative estimate of drug-likeness (QED) is 0.932. The van der Waals surface area contributed by atoms with Crippen LogP contribution in [0.2, 0.25) is 0 Å². The smallest absolute Gasteiger partial charge is 0.304 e. The van der Waals surface area contributed by atoms with E-state index < -0.39 is 11.4 Å². The molecule has 0 fully saturated rings. The van der Waals surface area contributed by atoms with Gasteiger partial charge in [0.2, 0.25) is 0 Å². The second kappa shape index (κ2) is 4.85. The minimum absolute atomic E-state index is 0.1000. The fourth-order valence-electron chi connectivity index (χ4n) is 2.84. The Morgan fingerprint density at radius 2 is 2.05 bits per heavy atom. The largest absolute Gasteiger partial charge is 0.495 e. The Kier molecular flexibility index (Phi) is 3.50. The van der Waals surface area contributed by atoms with Gasteiger partial charge in [0, 0.05) is 24.0 Å². The van der Waals surface area contributed by atoms with Crippen molar-refractivity contribution in [2.75, 3.05) is 7.11 Å². The van der Waals surface area contributed by atoms with Gasteiger partial charge in [-0.1, -0.05) is 19.9 Å². The summed E-state index contributed by atoms with van der Waals surface area (Å²) in [6, 6.07) is 3.97. The van der Waals surface area contributed by atoms with E-state index in [-0.39, 0.29) is 6.42 Å². The molecule has 0 spiro atoms. The van der Waals surface area contributed by atoms with Crippen molar-refractivity contribution in [1.29, 1.82) is 0 Å². The Balaban J connectivity index is 2.76. The first kappa shape index (κ1) is 14.4. The van der Waals surface area contributed by atoms with Crippen molar-refractivity contribution in [3.8, 4) is 5.75 Å². The molecule has 0 aliphatic carbocycles. The highest BCUT2D eigenvalue weighted by Crippen LogP contribution is 2.39. The minimum atomic E-state index is -0.785. The van der Waals surface area contributed by atoms with Crippen molar-refractivity contribution in [3.05, 3.63) is 29.5 Å². The number of methoxy groups -OCH3 is 1. The van der Waals surface area contributed by atoms with Crippen LogP contribution in [0.15, 0.2) is 18.3 Å². The van der Waals surface area contributed by atoms with E-state index in [4.69, 9.17) is 9.84 Å². The van der Waals surface area contributed by atoms with E-state index in [1.165, 1.54) is 0 Å². The van der Waals surface area contributed by atoms with Crippen LogP contribution in [0, 0.1) is 6.92 Å². The average molecular weight is 275 g/mol. The van der Waals surface area contributed by atoms with Crippen molar-refractivity contribution >= 4 is 16.9 Å². The van der Waals surface area contributed by atoms with E-state index in [2.05, 4.69) is 0 Å². The fraction of sp³-hybridized carbons (Fsp3) is 0.438.